The molecule has 0 heterocycles. The van der Waals surface area contributed by atoms with Crippen LogP contribution in [0.5, 0.6) is 11.5 Å². The highest BCUT2D eigenvalue weighted by atomic mass is 16.4. The average Bonchev–Trinajstić information content (AvgIpc) is 2.01. The molecule has 0 saturated carbocycles. The van der Waals surface area contributed by atoms with Gasteiger partial charge < -0.3 is 15.3 Å². The minimum atomic E-state index is -1.01. The van der Waals surface area contributed by atoms with Gasteiger partial charge in [0.25, 0.3) is 0 Å². The number of carbonyl (C=O) groups is 1. The summed E-state index contributed by atoms with van der Waals surface area (Å²) in [5, 5.41) is 27.4. The van der Waals surface area contributed by atoms with Crippen LogP contribution >= 0.6 is 0 Å². The maximum Gasteiger partial charge on any atom is 0.310 e. The fourth-order valence-corrected chi connectivity index (χ4v) is 1.45. The summed E-state index contributed by atoms with van der Waals surface area (Å²) in [5.41, 5.74) is 0.910. The second-order valence-corrected chi connectivity index (χ2v) is 3.26. The van der Waals surface area contributed by atoms with E-state index in [1.54, 1.807) is 6.92 Å². The lowest BCUT2D eigenvalue weighted by molar-refractivity contribution is -0.138. The number of aryl methyl sites for hydroxylation is 1. The van der Waals surface area contributed by atoms with E-state index in [0.717, 1.165) is 6.07 Å². The Bertz CT molecular complexity index is 347. The lowest BCUT2D eigenvalue weighted by Crippen LogP contribution is -2.09. The molecule has 0 radical (unpaired) electrons. The van der Waals surface area contributed by atoms with Gasteiger partial charge >= 0.3 is 5.97 Å². The second-order valence-electron chi connectivity index (χ2n) is 3.26. The number of aromatic hydroxyl groups is 2. The van der Waals surface area contributed by atoms with Crippen molar-refractivity contribution in [2.75, 3.05) is 0 Å². The Balaban J connectivity index is 3.27. The van der Waals surface area contributed by atoms with Crippen LogP contribution in [-0.2, 0) is 4.79 Å². The van der Waals surface area contributed by atoms with E-state index in [2.05, 4.69) is 0 Å². The molecule has 1 aromatic carbocycles. The molecule has 1 atom stereocenters. The quantitative estimate of drug-likeness (QED) is 0.671. The van der Waals surface area contributed by atoms with Crippen LogP contribution < -0.4 is 0 Å². The Morgan fingerprint density at radius 2 is 1.93 bits per heavy atom. The van der Waals surface area contributed by atoms with Gasteiger partial charge in [0.1, 0.15) is 11.5 Å². The van der Waals surface area contributed by atoms with Crippen LogP contribution in [0.15, 0.2) is 12.1 Å². The van der Waals surface area contributed by atoms with Crippen molar-refractivity contribution < 1.29 is 20.1 Å². The summed E-state index contributed by atoms with van der Waals surface area (Å²) >= 11 is 0. The first-order valence-electron chi connectivity index (χ1n) is 4.18. The van der Waals surface area contributed by atoms with Crippen LogP contribution in [0.4, 0.5) is 0 Å². The van der Waals surface area contributed by atoms with Gasteiger partial charge in [0.05, 0.1) is 5.92 Å². The van der Waals surface area contributed by atoms with E-state index in [9.17, 15) is 9.90 Å². The smallest absolute Gasteiger partial charge is 0.310 e. The molecule has 3 N–H and O–H groups in total. The second kappa shape index (κ2) is 3.57. The lowest BCUT2D eigenvalue weighted by Gasteiger charge is -2.12. The molecular weight excluding hydrogens is 184 g/mol. The zero-order chi connectivity index (χ0) is 10.9. The van der Waals surface area contributed by atoms with Crippen LogP contribution in [0.2, 0.25) is 0 Å². The molecule has 0 saturated heterocycles. The molecule has 0 amide bonds. The van der Waals surface area contributed by atoms with Crippen LogP contribution in [0.25, 0.3) is 0 Å². The highest BCUT2D eigenvalue weighted by molar-refractivity contribution is 5.77. The maximum atomic E-state index is 10.7. The molecule has 0 spiro atoms. The van der Waals surface area contributed by atoms with E-state index < -0.39 is 11.9 Å². The number of phenolic OH excluding ortho intramolecular Hbond substituents is 2. The number of aliphatic carboxylic acids is 1. The van der Waals surface area contributed by atoms with E-state index in [-0.39, 0.29) is 11.5 Å². The summed E-state index contributed by atoms with van der Waals surface area (Å²) < 4.78 is 0. The van der Waals surface area contributed by atoms with Crippen LogP contribution in [0.1, 0.15) is 24.0 Å². The third kappa shape index (κ3) is 1.79. The molecule has 1 unspecified atom stereocenters. The molecule has 0 aromatic heterocycles. The third-order valence-electron chi connectivity index (χ3n) is 2.15. The van der Waals surface area contributed by atoms with Crippen LogP contribution in [0, 0.1) is 6.92 Å². The van der Waals surface area contributed by atoms with Gasteiger partial charge in [-0.1, -0.05) is 0 Å². The molecule has 0 bridgehead atoms. The maximum absolute atomic E-state index is 10.7. The minimum absolute atomic E-state index is 0.0682. The van der Waals surface area contributed by atoms with Crippen molar-refractivity contribution in [3.8, 4) is 11.5 Å². The van der Waals surface area contributed by atoms with Crippen molar-refractivity contribution in [3.05, 3.63) is 23.3 Å². The fourth-order valence-electron chi connectivity index (χ4n) is 1.45. The highest BCUT2D eigenvalue weighted by Crippen LogP contribution is 2.32. The zero-order valence-corrected chi connectivity index (χ0v) is 7.98. The molecule has 76 valence electrons. The van der Waals surface area contributed by atoms with Gasteiger partial charge in [-0.25, -0.2) is 0 Å². The first-order chi connectivity index (χ1) is 6.43. The Kier molecular flexibility index (Phi) is 2.65. The minimum Gasteiger partial charge on any atom is -0.508 e. The van der Waals surface area contributed by atoms with E-state index in [1.807, 2.05) is 0 Å². The molecule has 14 heavy (non-hydrogen) atoms. The van der Waals surface area contributed by atoms with Gasteiger partial charge in [0.15, 0.2) is 0 Å². The topological polar surface area (TPSA) is 77.8 Å². The van der Waals surface area contributed by atoms with E-state index in [4.69, 9.17) is 10.2 Å². The van der Waals surface area contributed by atoms with Crippen molar-refractivity contribution in [2.24, 2.45) is 0 Å². The van der Waals surface area contributed by atoms with Crippen molar-refractivity contribution in [2.45, 2.75) is 19.8 Å². The monoisotopic (exact) mass is 196 g/mol. The molecular formula is C10H12O4. The van der Waals surface area contributed by atoms with Gasteiger partial charge in [-0.15, -0.1) is 0 Å². The molecule has 4 heteroatoms. The van der Waals surface area contributed by atoms with E-state index >= 15 is 0 Å². The van der Waals surface area contributed by atoms with Gasteiger partial charge in [0, 0.05) is 11.6 Å². The van der Waals surface area contributed by atoms with Crippen LogP contribution in [0.3, 0.4) is 0 Å². The molecule has 0 aliphatic rings. The van der Waals surface area contributed by atoms with Gasteiger partial charge in [-0.3, -0.25) is 4.79 Å². The lowest BCUT2D eigenvalue weighted by atomic mass is 9.95. The number of carboxylic acid groups (broad SMARTS) is 1. The number of phenols is 2. The number of hydrogen-bond acceptors (Lipinski definition) is 3. The van der Waals surface area contributed by atoms with E-state index in [1.165, 1.54) is 13.0 Å². The SMILES string of the molecule is Cc1cc(O)cc(O)c1C(C)C(=O)O. The van der Waals surface area contributed by atoms with Gasteiger partial charge in [-0.2, -0.15) is 0 Å². The summed E-state index contributed by atoms with van der Waals surface area (Å²) in [7, 11) is 0. The summed E-state index contributed by atoms with van der Waals surface area (Å²) in [6.07, 6.45) is 0. The normalized spacial score (nSPS) is 12.4. The molecule has 1 aromatic rings. The van der Waals surface area contributed by atoms with Crippen molar-refractivity contribution in [1.29, 1.82) is 0 Å². The number of benzene rings is 1. The fraction of sp³-hybridized carbons (Fsp3) is 0.300. The standard InChI is InChI=1S/C10H12O4/c1-5-3-7(11)4-8(12)9(5)6(2)10(13)14/h3-4,6,11-12H,1-2H3,(H,13,14). The first kappa shape index (κ1) is 10.4. The molecule has 0 aliphatic heterocycles. The largest absolute Gasteiger partial charge is 0.508 e. The van der Waals surface area contributed by atoms with Crippen molar-refractivity contribution >= 4 is 5.97 Å². The van der Waals surface area contributed by atoms with Gasteiger partial charge in [0.2, 0.25) is 0 Å². The molecule has 1 rings (SSSR count). The zero-order valence-electron chi connectivity index (χ0n) is 7.98. The van der Waals surface area contributed by atoms with E-state index in [0.29, 0.717) is 11.1 Å². The van der Waals surface area contributed by atoms with Crippen molar-refractivity contribution in [1.82, 2.24) is 0 Å². The third-order valence-corrected chi connectivity index (χ3v) is 2.15. The number of hydrogen-bond donors (Lipinski definition) is 3. The van der Waals surface area contributed by atoms with Crippen LogP contribution in [-0.4, -0.2) is 21.3 Å². The predicted molar refractivity (Wildman–Crippen MR) is 50.6 cm³/mol. The average molecular weight is 196 g/mol. The number of carboxylic acids is 1. The summed E-state index contributed by atoms with van der Waals surface area (Å²) in [6, 6.07) is 2.57. The predicted octanol–water partition coefficient (Wildman–Crippen LogP) is 1.59. The Morgan fingerprint density at radius 1 is 1.36 bits per heavy atom. The summed E-state index contributed by atoms with van der Waals surface area (Å²) in [6.45, 7) is 3.13. The summed E-state index contributed by atoms with van der Waals surface area (Å²) in [5.74, 6) is -2.04. The van der Waals surface area contributed by atoms with Gasteiger partial charge in [-0.05, 0) is 25.5 Å². The molecule has 0 fully saturated rings. The Hall–Kier alpha value is -1.71. The Labute approximate surface area is 81.4 Å². The highest BCUT2D eigenvalue weighted by Gasteiger charge is 2.20. The molecule has 0 aliphatic carbocycles. The number of rotatable bonds is 2. The first-order valence-corrected chi connectivity index (χ1v) is 4.18. The molecule has 4 nitrogen and oxygen atoms in total. The summed E-state index contributed by atoms with van der Waals surface area (Å²) in [4.78, 5) is 10.7. The Morgan fingerprint density at radius 3 is 2.36 bits per heavy atom. The van der Waals surface area contributed by atoms with Crippen molar-refractivity contribution in [3.63, 3.8) is 0 Å².